The molecule has 1 aliphatic rings. The van der Waals surface area contributed by atoms with Crippen molar-refractivity contribution in [3.05, 3.63) is 0 Å². The van der Waals surface area contributed by atoms with Crippen molar-refractivity contribution in [2.24, 2.45) is 0 Å². The quantitative estimate of drug-likeness (QED) is 0.371. The molecule has 0 aromatic rings. The zero-order valence-corrected chi connectivity index (χ0v) is 14.5. The Morgan fingerprint density at radius 1 is 0.938 bits per heavy atom. The van der Waals surface area contributed by atoms with Crippen molar-refractivity contribution in [1.82, 2.24) is 0 Å². The van der Waals surface area contributed by atoms with E-state index < -0.39 is 21.8 Å². The van der Waals surface area contributed by atoms with Crippen LogP contribution in [-0.4, -0.2) is 53.7 Å². The number of aliphatic hydroxyl groups is 2. The smallest absolute Gasteiger partial charge is 1.00 e. The second-order valence-corrected chi connectivity index (χ2v) is 5.26. The fraction of sp³-hybridized carbons (Fsp3) is 0.667. The average Bonchev–Trinajstić information content (AvgIpc) is 2.10. The normalized spacial score (nSPS) is 33.1. The minimum absolute atomic E-state index is 0. The molecule has 0 amide bonds. The minimum Gasteiger partial charge on any atom is -1.00 e. The number of aliphatic carboxylic acids is 2. The van der Waals surface area contributed by atoms with Gasteiger partial charge >= 0.3 is 71.1 Å². The van der Waals surface area contributed by atoms with Crippen LogP contribution < -0.4 is 59.1 Å². The van der Waals surface area contributed by atoms with E-state index in [1.54, 1.807) is 0 Å². The van der Waals surface area contributed by atoms with Gasteiger partial charge in [0.15, 0.2) is 0 Å². The van der Waals surface area contributed by atoms with Gasteiger partial charge in [-0.15, -0.1) is 23.5 Å². The molecule has 6 nitrogen and oxygen atoms in total. The van der Waals surface area contributed by atoms with Gasteiger partial charge in [0.2, 0.25) is 9.87 Å². The van der Waals surface area contributed by atoms with Gasteiger partial charge in [-0.25, -0.2) is 9.59 Å². The molecule has 0 radical (unpaired) electrons. The third kappa shape index (κ3) is 4.34. The van der Waals surface area contributed by atoms with Crippen LogP contribution in [0.15, 0.2) is 0 Å². The summed E-state index contributed by atoms with van der Waals surface area (Å²) in [6, 6.07) is 0. The summed E-state index contributed by atoms with van der Waals surface area (Å²) >= 11 is 1.03. The third-order valence-electron chi connectivity index (χ3n) is 1.68. The Balaban J connectivity index is -0.000000245. The van der Waals surface area contributed by atoms with E-state index in [4.69, 9.17) is 10.2 Å². The first-order chi connectivity index (χ1) is 6.30. The van der Waals surface area contributed by atoms with Crippen molar-refractivity contribution in [2.45, 2.75) is 9.87 Å². The fourth-order valence-corrected chi connectivity index (χ4v) is 3.15. The molecule has 1 aliphatic heterocycles. The molecule has 1 heterocycles. The molecule has 0 bridgehead atoms. The number of carboxylic acids is 2. The summed E-state index contributed by atoms with van der Waals surface area (Å²) in [6.07, 6.45) is 0. The Hall–Kier alpha value is 1.56. The van der Waals surface area contributed by atoms with Crippen LogP contribution >= 0.6 is 23.5 Å². The molecule has 2 atom stereocenters. The van der Waals surface area contributed by atoms with E-state index in [0.717, 1.165) is 0 Å². The van der Waals surface area contributed by atoms with Crippen LogP contribution in [0.2, 0.25) is 0 Å². The van der Waals surface area contributed by atoms with E-state index in [2.05, 4.69) is 0 Å². The molecule has 2 unspecified atom stereocenters. The summed E-state index contributed by atoms with van der Waals surface area (Å²) in [6.45, 7) is 0. The van der Waals surface area contributed by atoms with Crippen LogP contribution in [0.25, 0.3) is 0 Å². The fourth-order valence-electron chi connectivity index (χ4n) is 0.765. The van der Waals surface area contributed by atoms with Gasteiger partial charge in [0.25, 0.3) is 0 Å². The van der Waals surface area contributed by atoms with Crippen molar-refractivity contribution in [3.63, 3.8) is 0 Å². The Labute approximate surface area is 147 Å². The average molecular weight is 288 g/mol. The molecule has 1 rings (SSSR count). The molecule has 0 aromatic carbocycles. The minimum atomic E-state index is -2.01. The van der Waals surface area contributed by atoms with Gasteiger partial charge in [0.1, 0.15) is 0 Å². The molecule has 1 fully saturated rings. The molecular weight excluding hydrogens is 278 g/mol. The maximum absolute atomic E-state index is 10.5. The topological polar surface area (TPSA) is 115 Å². The van der Waals surface area contributed by atoms with E-state index in [1.165, 1.54) is 0 Å². The zero-order chi connectivity index (χ0) is 11.0. The molecule has 1 saturated heterocycles. The van der Waals surface area contributed by atoms with Crippen LogP contribution in [-0.2, 0) is 9.59 Å². The van der Waals surface area contributed by atoms with E-state index in [0.29, 0.717) is 23.5 Å². The van der Waals surface area contributed by atoms with E-state index in [1.807, 2.05) is 0 Å². The van der Waals surface area contributed by atoms with Gasteiger partial charge in [-0.1, -0.05) is 0 Å². The molecule has 16 heavy (non-hydrogen) atoms. The summed E-state index contributed by atoms with van der Waals surface area (Å²) in [4.78, 5) is 17.1. The van der Waals surface area contributed by atoms with Crippen LogP contribution in [0.1, 0.15) is 2.85 Å². The molecule has 0 aromatic heterocycles. The second kappa shape index (κ2) is 7.22. The molecule has 84 valence electrons. The zero-order valence-electron chi connectivity index (χ0n) is 10.8. The van der Waals surface area contributed by atoms with Gasteiger partial charge < -0.3 is 23.3 Å². The summed E-state index contributed by atoms with van der Waals surface area (Å²) in [5.74, 6) is -3.59. The van der Waals surface area contributed by atoms with Gasteiger partial charge in [0, 0.05) is 11.5 Å². The summed E-state index contributed by atoms with van der Waals surface area (Å²) in [5.41, 5.74) is 0. The molecule has 4 N–H and O–H groups in total. The standard InChI is InChI=1S/C6H8O6S2.2Na.2H/c7-3(8)5(11)1-13-6(12,2-14-5)4(9)10;;;;/h11-12H,1-2H2,(H,7,8)(H,9,10);;;;/q;2*+1;2*-1. The first-order valence-electron chi connectivity index (χ1n) is 3.50. The van der Waals surface area contributed by atoms with Gasteiger partial charge in [-0.05, 0) is 0 Å². The largest absolute Gasteiger partial charge is 1.00 e. The Morgan fingerprint density at radius 2 is 1.19 bits per heavy atom. The third-order valence-corrected chi connectivity index (χ3v) is 4.76. The molecule has 0 saturated carbocycles. The van der Waals surface area contributed by atoms with Gasteiger partial charge in [-0.2, -0.15) is 0 Å². The first-order valence-corrected chi connectivity index (χ1v) is 5.47. The first kappa shape index (κ1) is 19.9. The van der Waals surface area contributed by atoms with Crippen molar-refractivity contribution in [1.29, 1.82) is 0 Å². The Kier molecular flexibility index (Phi) is 8.98. The van der Waals surface area contributed by atoms with E-state index in [9.17, 15) is 19.8 Å². The van der Waals surface area contributed by atoms with Crippen LogP contribution in [0, 0.1) is 0 Å². The number of thioether (sulfide) groups is 2. The van der Waals surface area contributed by atoms with Crippen molar-refractivity contribution < 1.29 is 92.0 Å². The Morgan fingerprint density at radius 3 is 1.31 bits per heavy atom. The van der Waals surface area contributed by atoms with Crippen LogP contribution in [0.5, 0.6) is 0 Å². The van der Waals surface area contributed by atoms with Crippen molar-refractivity contribution >= 4 is 35.5 Å². The summed E-state index contributed by atoms with van der Waals surface area (Å²) in [7, 11) is 0. The number of carbonyl (C=O) groups is 2. The SMILES string of the molecule is O=C(O)C1(O)CSC(O)(C(=O)O)CS1.[H-].[H-].[Na+].[Na+]. The van der Waals surface area contributed by atoms with Crippen LogP contribution in [0.3, 0.4) is 0 Å². The second-order valence-electron chi connectivity index (χ2n) is 2.76. The molecular formula is C6H10Na2O6S2. The molecule has 10 heteroatoms. The number of rotatable bonds is 2. The summed E-state index contributed by atoms with van der Waals surface area (Å²) in [5, 5.41) is 36.0. The number of hydrogen-bond acceptors (Lipinski definition) is 6. The van der Waals surface area contributed by atoms with Crippen molar-refractivity contribution in [3.8, 4) is 0 Å². The predicted molar refractivity (Wildman–Crippen MR) is 52.3 cm³/mol. The molecule has 0 aliphatic carbocycles. The molecule has 0 spiro atoms. The van der Waals surface area contributed by atoms with Gasteiger partial charge in [0.05, 0.1) is 0 Å². The number of hydrogen-bond donors (Lipinski definition) is 4. The number of carboxylic acid groups (broad SMARTS) is 2. The maximum atomic E-state index is 10.5. The predicted octanol–water partition coefficient (Wildman–Crippen LogP) is -6.75. The van der Waals surface area contributed by atoms with Crippen molar-refractivity contribution in [2.75, 3.05) is 11.5 Å². The van der Waals surface area contributed by atoms with Crippen LogP contribution in [0.4, 0.5) is 0 Å². The Bertz CT molecular complexity index is 259. The monoisotopic (exact) mass is 288 g/mol. The summed E-state index contributed by atoms with van der Waals surface area (Å²) < 4.78 is 0. The maximum Gasteiger partial charge on any atom is 1.00 e. The van der Waals surface area contributed by atoms with E-state index in [-0.39, 0.29) is 73.5 Å². The van der Waals surface area contributed by atoms with Gasteiger partial charge in [-0.3, -0.25) is 0 Å². The van der Waals surface area contributed by atoms with E-state index >= 15 is 0 Å².